The Morgan fingerprint density at radius 1 is 1.14 bits per heavy atom. The molecule has 0 aliphatic heterocycles. The maximum atomic E-state index is 14.0. The van der Waals surface area contributed by atoms with E-state index in [-0.39, 0.29) is 22.1 Å². The van der Waals surface area contributed by atoms with Crippen LogP contribution in [0.5, 0.6) is 11.5 Å². The summed E-state index contributed by atoms with van der Waals surface area (Å²) in [6, 6.07) is 21.6. The Morgan fingerprint density at radius 3 is 2.41 bits per heavy atom. The number of hydrogen-bond acceptors (Lipinski definition) is 4. The Kier molecular flexibility index (Phi) is 8.25. The highest BCUT2D eigenvalue weighted by Gasteiger charge is 2.68. The van der Waals surface area contributed by atoms with Gasteiger partial charge in [-0.1, -0.05) is 87.6 Å². The summed E-state index contributed by atoms with van der Waals surface area (Å²) < 4.78 is 24.5. The van der Waals surface area contributed by atoms with Crippen molar-refractivity contribution in [3.8, 4) is 17.6 Å². The van der Waals surface area contributed by atoms with Crippen LogP contribution in [-0.2, 0) is 13.3 Å². The molecule has 3 aromatic rings. The predicted octanol–water partition coefficient (Wildman–Crippen LogP) is 8.90. The Hall–Kier alpha value is -2.11. The molecule has 1 fully saturated rings. The van der Waals surface area contributed by atoms with Gasteiger partial charge in [0.15, 0.2) is 0 Å². The number of benzene rings is 3. The van der Waals surface area contributed by atoms with Crippen molar-refractivity contribution < 1.29 is 18.7 Å². The van der Waals surface area contributed by atoms with Gasteiger partial charge in [-0.25, -0.2) is 4.39 Å². The van der Waals surface area contributed by atoms with Crippen molar-refractivity contribution in [2.45, 2.75) is 28.6 Å². The van der Waals surface area contributed by atoms with E-state index >= 15 is 0 Å². The van der Waals surface area contributed by atoms with E-state index in [1.165, 1.54) is 12.1 Å². The average Bonchev–Trinajstić information content (AvgIpc) is 3.44. The average molecular weight is 670 g/mol. The van der Waals surface area contributed by atoms with Crippen LogP contribution in [0, 0.1) is 34.4 Å². The van der Waals surface area contributed by atoms with E-state index < -0.39 is 33.0 Å². The van der Waals surface area contributed by atoms with Gasteiger partial charge >= 0.3 is 5.97 Å². The third kappa shape index (κ3) is 5.83. The highest BCUT2D eigenvalue weighted by molar-refractivity contribution is 9.12. The number of alkyl halides is 3. The fourth-order valence-electron chi connectivity index (χ4n) is 4.51. The minimum atomic E-state index is -1.29. The molecule has 192 valence electrons. The van der Waals surface area contributed by atoms with Crippen molar-refractivity contribution in [2.24, 2.45) is 17.3 Å². The smallest absolute Gasteiger partial charge is 0.311 e. The molecular weight excluding hydrogens is 648 g/mol. The van der Waals surface area contributed by atoms with E-state index in [0.29, 0.717) is 10.8 Å². The fraction of sp³-hybridized carbons (Fsp3) is 0.286. The zero-order valence-electron chi connectivity index (χ0n) is 19.8. The molecule has 0 spiro atoms. The zero-order valence-corrected chi connectivity index (χ0v) is 24.5. The first-order valence-corrected chi connectivity index (χ1v) is 13.8. The monoisotopic (exact) mass is 667 g/mol. The first-order chi connectivity index (χ1) is 17.5. The van der Waals surface area contributed by atoms with Crippen molar-refractivity contribution in [3.63, 3.8) is 0 Å². The van der Waals surface area contributed by atoms with Gasteiger partial charge in [0.2, 0.25) is 6.10 Å². The van der Waals surface area contributed by atoms with Gasteiger partial charge in [0.1, 0.15) is 27.2 Å². The SMILES string of the molecule is CC1(C)[C@H]([C@H](Br)[C@](Cl)(Br)c2ccc(Cl)cc2)[C@@H]1C(=O)OC(C#N)c1ccc(F)cc1Oc1ccccc1. The molecular formula is C28H22Br2Cl2FNO3. The van der Waals surface area contributed by atoms with Gasteiger partial charge in [-0.3, -0.25) is 4.79 Å². The summed E-state index contributed by atoms with van der Waals surface area (Å²) in [6.07, 6.45) is -1.29. The summed E-state index contributed by atoms with van der Waals surface area (Å²) in [5.41, 5.74) is 0.566. The lowest BCUT2D eigenvalue weighted by Gasteiger charge is -2.28. The topological polar surface area (TPSA) is 59.3 Å². The van der Waals surface area contributed by atoms with Gasteiger partial charge in [-0.2, -0.15) is 5.26 Å². The second-order valence-electron chi connectivity index (χ2n) is 9.40. The lowest BCUT2D eigenvalue weighted by molar-refractivity contribution is -0.149. The maximum Gasteiger partial charge on any atom is 0.311 e. The number of para-hydroxylation sites is 1. The number of esters is 1. The number of nitrogens with zero attached hydrogens (tertiary/aromatic N) is 1. The molecule has 37 heavy (non-hydrogen) atoms. The van der Waals surface area contributed by atoms with E-state index in [9.17, 15) is 14.4 Å². The van der Waals surface area contributed by atoms with Gasteiger partial charge in [-0.05, 0) is 53.3 Å². The molecule has 0 N–H and O–H groups in total. The molecule has 1 aliphatic rings. The standard InChI is InChI=1S/C28H22Br2Cl2FNO3/c1-27(2)23(25(29)28(30,32)16-8-10-17(31)11-9-16)24(27)26(35)37-22(15-34)20-13-12-18(33)14-21(20)36-19-6-4-3-5-7-19/h3-14,22-25H,1-2H3/t22?,23-,24+,25-,28-/m0/s1. The van der Waals surface area contributed by atoms with Gasteiger partial charge in [0.05, 0.1) is 10.7 Å². The highest BCUT2D eigenvalue weighted by Crippen LogP contribution is 2.66. The van der Waals surface area contributed by atoms with Crippen LogP contribution in [0.15, 0.2) is 72.8 Å². The first-order valence-electron chi connectivity index (χ1n) is 11.4. The van der Waals surface area contributed by atoms with E-state index in [4.69, 9.17) is 32.7 Å². The summed E-state index contributed by atoms with van der Waals surface area (Å²) in [4.78, 5) is 13.0. The number of carbonyl (C=O) groups excluding carboxylic acids is 1. The minimum Gasteiger partial charge on any atom is -0.457 e. The van der Waals surface area contributed by atoms with Crippen LogP contribution in [0.2, 0.25) is 5.02 Å². The number of nitriles is 1. The molecule has 1 saturated carbocycles. The van der Waals surface area contributed by atoms with Crippen molar-refractivity contribution in [1.82, 2.24) is 0 Å². The lowest BCUT2D eigenvalue weighted by Crippen LogP contribution is -2.27. The molecule has 4 nitrogen and oxygen atoms in total. The molecule has 0 heterocycles. The van der Waals surface area contributed by atoms with Crippen LogP contribution >= 0.6 is 55.1 Å². The summed E-state index contributed by atoms with van der Waals surface area (Å²) >= 11 is 20.2. The van der Waals surface area contributed by atoms with Crippen LogP contribution in [0.25, 0.3) is 0 Å². The second kappa shape index (κ2) is 10.9. The molecule has 0 amide bonds. The molecule has 0 radical (unpaired) electrons. The van der Waals surface area contributed by atoms with E-state index in [2.05, 4.69) is 31.9 Å². The molecule has 4 rings (SSSR count). The predicted molar refractivity (Wildman–Crippen MR) is 149 cm³/mol. The number of carbonyl (C=O) groups is 1. The Morgan fingerprint density at radius 2 is 1.78 bits per heavy atom. The third-order valence-corrected chi connectivity index (χ3v) is 10.4. The number of rotatable bonds is 8. The van der Waals surface area contributed by atoms with Gasteiger partial charge in [-0.15, -0.1) is 11.6 Å². The molecule has 0 saturated heterocycles. The van der Waals surface area contributed by atoms with E-state index in [1.54, 1.807) is 36.4 Å². The van der Waals surface area contributed by atoms with Crippen LogP contribution in [0.1, 0.15) is 31.1 Å². The molecule has 5 atom stereocenters. The molecule has 3 aromatic carbocycles. The van der Waals surface area contributed by atoms with Crippen molar-refractivity contribution in [2.75, 3.05) is 0 Å². The van der Waals surface area contributed by atoms with Crippen LogP contribution in [0.4, 0.5) is 4.39 Å². The second-order valence-corrected chi connectivity index (χ2v) is 13.1. The maximum absolute atomic E-state index is 14.0. The number of halogens is 5. The van der Waals surface area contributed by atoms with Crippen molar-refractivity contribution >= 4 is 61.0 Å². The first kappa shape index (κ1) is 27.9. The van der Waals surface area contributed by atoms with E-state index in [1.807, 2.05) is 38.1 Å². The number of ether oxygens (including phenoxy) is 2. The third-order valence-electron chi connectivity index (χ3n) is 6.64. The fourth-order valence-corrected chi connectivity index (χ4v) is 6.70. The van der Waals surface area contributed by atoms with Gasteiger partial charge in [0, 0.05) is 16.7 Å². The summed E-state index contributed by atoms with van der Waals surface area (Å²) in [5, 5.41) is 10.5. The Bertz CT molecular complexity index is 1330. The normalized spacial score (nSPS) is 21.1. The summed E-state index contributed by atoms with van der Waals surface area (Å²) in [5.74, 6) is -1.27. The molecule has 1 aliphatic carbocycles. The molecule has 0 bridgehead atoms. The lowest BCUT2D eigenvalue weighted by atomic mass is 10.0. The molecule has 0 aromatic heterocycles. The van der Waals surface area contributed by atoms with E-state index in [0.717, 1.165) is 11.6 Å². The number of hydrogen-bond donors (Lipinski definition) is 0. The largest absolute Gasteiger partial charge is 0.457 e. The quantitative estimate of drug-likeness (QED) is 0.178. The molecule has 9 heteroatoms. The van der Waals surface area contributed by atoms with Crippen molar-refractivity contribution in [1.29, 1.82) is 5.26 Å². The van der Waals surface area contributed by atoms with Crippen LogP contribution in [0.3, 0.4) is 0 Å². The molecule has 1 unspecified atom stereocenters. The Balaban J connectivity index is 1.54. The Labute approximate surface area is 241 Å². The zero-order chi connectivity index (χ0) is 27.0. The highest BCUT2D eigenvalue weighted by atomic mass is 79.9. The minimum absolute atomic E-state index is 0.0958. The summed E-state index contributed by atoms with van der Waals surface area (Å²) in [7, 11) is 0. The van der Waals surface area contributed by atoms with Gasteiger partial charge < -0.3 is 9.47 Å². The van der Waals surface area contributed by atoms with Crippen molar-refractivity contribution in [3.05, 3.63) is 94.8 Å². The van der Waals surface area contributed by atoms with Gasteiger partial charge in [0.25, 0.3) is 0 Å². The van der Waals surface area contributed by atoms with Crippen LogP contribution in [-0.4, -0.2) is 10.8 Å². The summed E-state index contributed by atoms with van der Waals surface area (Å²) in [6.45, 7) is 3.89. The van der Waals surface area contributed by atoms with Crippen LogP contribution < -0.4 is 4.74 Å².